The first-order chi connectivity index (χ1) is 8.21. The van der Waals surface area contributed by atoms with E-state index in [-0.39, 0.29) is 11.3 Å². The lowest BCUT2D eigenvalue weighted by atomic mass is 9.80. The third kappa shape index (κ3) is 3.42. The highest BCUT2D eigenvalue weighted by Gasteiger charge is 2.34. The average Bonchev–Trinajstić information content (AvgIpc) is 2.38. The lowest BCUT2D eigenvalue weighted by Crippen LogP contribution is -2.47. The second-order valence-corrected chi connectivity index (χ2v) is 5.60. The second-order valence-electron chi connectivity index (χ2n) is 5.60. The highest BCUT2D eigenvalue weighted by molar-refractivity contribution is 5.82. The van der Waals surface area contributed by atoms with Crippen molar-refractivity contribution in [3.8, 4) is 0 Å². The molecule has 17 heavy (non-hydrogen) atoms. The Labute approximate surface area is 103 Å². The van der Waals surface area contributed by atoms with Gasteiger partial charge in [-0.3, -0.25) is 4.79 Å². The van der Waals surface area contributed by atoms with E-state index in [4.69, 9.17) is 4.74 Å². The Balaban J connectivity index is 1.75. The molecule has 0 bridgehead atoms. The Morgan fingerprint density at radius 3 is 2.88 bits per heavy atom. The summed E-state index contributed by atoms with van der Waals surface area (Å²) in [5, 5.41) is 6.42. The van der Waals surface area contributed by atoms with E-state index in [1.807, 2.05) is 0 Å². The Morgan fingerprint density at radius 2 is 2.24 bits per heavy atom. The summed E-state index contributed by atoms with van der Waals surface area (Å²) in [6.07, 6.45) is 4.19. The Bertz CT molecular complexity index is 256. The van der Waals surface area contributed by atoms with E-state index in [2.05, 4.69) is 17.6 Å². The predicted molar refractivity (Wildman–Crippen MR) is 66.8 cm³/mol. The molecule has 2 saturated heterocycles. The van der Waals surface area contributed by atoms with Crippen molar-refractivity contribution in [2.45, 2.75) is 32.6 Å². The predicted octanol–water partition coefficient (Wildman–Crippen LogP) is 0.919. The van der Waals surface area contributed by atoms with Crippen LogP contribution in [0.2, 0.25) is 0 Å². The summed E-state index contributed by atoms with van der Waals surface area (Å²) >= 11 is 0. The summed E-state index contributed by atoms with van der Waals surface area (Å²) in [7, 11) is 0. The molecule has 0 aromatic heterocycles. The molecule has 2 aliphatic heterocycles. The second kappa shape index (κ2) is 5.83. The van der Waals surface area contributed by atoms with E-state index < -0.39 is 0 Å². The standard InChI is InChI=1S/C13H24N2O2/c1-13(4-6-14-7-5-13)12(16)15-9-11-3-2-8-17-10-11/h11,14H,2-10H2,1H3,(H,15,16). The van der Waals surface area contributed by atoms with Crippen molar-refractivity contribution in [2.24, 2.45) is 11.3 Å². The Kier molecular flexibility index (Phi) is 4.40. The fourth-order valence-electron chi connectivity index (χ4n) is 2.62. The molecule has 0 radical (unpaired) electrons. The fraction of sp³-hybridized carbons (Fsp3) is 0.923. The van der Waals surface area contributed by atoms with Crippen LogP contribution in [0.1, 0.15) is 32.6 Å². The quantitative estimate of drug-likeness (QED) is 0.771. The van der Waals surface area contributed by atoms with Crippen LogP contribution >= 0.6 is 0 Å². The molecule has 0 spiro atoms. The molecule has 0 saturated carbocycles. The summed E-state index contributed by atoms with van der Waals surface area (Å²) in [6, 6.07) is 0. The summed E-state index contributed by atoms with van der Waals surface area (Å²) in [5.74, 6) is 0.739. The normalized spacial score (nSPS) is 28.6. The van der Waals surface area contributed by atoms with Crippen LogP contribution in [-0.4, -0.2) is 38.8 Å². The van der Waals surface area contributed by atoms with Crippen LogP contribution in [0, 0.1) is 11.3 Å². The minimum absolute atomic E-state index is 0.166. The molecule has 2 N–H and O–H groups in total. The van der Waals surface area contributed by atoms with Crippen LogP contribution in [0.25, 0.3) is 0 Å². The van der Waals surface area contributed by atoms with Gasteiger partial charge in [-0.25, -0.2) is 0 Å². The number of rotatable bonds is 3. The zero-order valence-electron chi connectivity index (χ0n) is 10.8. The van der Waals surface area contributed by atoms with E-state index in [1.165, 1.54) is 6.42 Å². The molecule has 2 heterocycles. The van der Waals surface area contributed by atoms with Gasteiger partial charge in [0.05, 0.1) is 6.61 Å². The molecule has 0 aliphatic carbocycles. The van der Waals surface area contributed by atoms with Gasteiger partial charge in [0.2, 0.25) is 5.91 Å². The summed E-state index contributed by atoms with van der Waals surface area (Å²) in [6.45, 7) is 6.46. The molecule has 1 unspecified atom stereocenters. The van der Waals surface area contributed by atoms with Gasteiger partial charge in [0.25, 0.3) is 0 Å². The monoisotopic (exact) mass is 240 g/mol. The van der Waals surface area contributed by atoms with Gasteiger partial charge in [-0.2, -0.15) is 0 Å². The summed E-state index contributed by atoms with van der Waals surface area (Å²) in [5.41, 5.74) is -0.166. The van der Waals surface area contributed by atoms with Gasteiger partial charge >= 0.3 is 0 Å². The lowest BCUT2D eigenvalue weighted by molar-refractivity contribution is -0.131. The van der Waals surface area contributed by atoms with Crippen molar-refractivity contribution in [3.63, 3.8) is 0 Å². The molecule has 0 aromatic carbocycles. The van der Waals surface area contributed by atoms with Crippen LogP contribution in [0.4, 0.5) is 0 Å². The minimum atomic E-state index is -0.166. The zero-order chi connectivity index (χ0) is 12.1. The number of amides is 1. The maximum Gasteiger partial charge on any atom is 0.226 e. The number of hydrogen-bond donors (Lipinski definition) is 2. The molecule has 4 nitrogen and oxygen atoms in total. The van der Waals surface area contributed by atoms with Gasteiger partial charge in [0.1, 0.15) is 0 Å². The van der Waals surface area contributed by atoms with Gasteiger partial charge in [0.15, 0.2) is 0 Å². The van der Waals surface area contributed by atoms with Crippen LogP contribution < -0.4 is 10.6 Å². The topological polar surface area (TPSA) is 50.4 Å². The Hall–Kier alpha value is -0.610. The maximum atomic E-state index is 12.2. The number of carbonyl (C=O) groups excluding carboxylic acids is 1. The SMILES string of the molecule is CC1(C(=O)NCC2CCCOC2)CCNCC1. The average molecular weight is 240 g/mol. The lowest BCUT2D eigenvalue weighted by Gasteiger charge is -2.33. The highest BCUT2D eigenvalue weighted by Crippen LogP contribution is 2.28. The van der Waals surface area contributed by atoms with E-state index in [9.17, 15) is 4.79 Å². The summed E-state index contributed by atoms with van der Waals surface area (Å²) < 4.78 is 5.42. The van der Waals surface area contributed by atoms with Crippen molar-refractivity contribution in [1.82, 2.24) is 10.6 Å². The van der Waals surface area contributed by atoms with Gasteiger partial charge in [-0.05, 0) is 44.7 Å². The molecule has 4 heteroatoms. The maximum absolute atomic E-state index is 12.2. The minimum Gasteiger partial charge on any atom is -0.381 e. The number of carbonyl (C=O) groups is 1. The number of hydrogen-bond acceptors (Lipinski definition) is 3. The van der Waals surface area contributed by atoms with Crippen LogP contribution in [0.15, 0.2) is 0 Å². The van der Waals surface area contributed by atoms with Crippen molar-refractivity contribution in [3.05, 3.63) is 0 Å². The van der Waals surface area contributed by atoms with E-state index in [1.54, 1.807) is 0 Å². The van der Waals surface area contributed by atoms with Crippen molar-refractivity contribution in [1.29, 1.82) is 0 Å². The molecule has 2 aliphatic rings. The first-order valence-corrected chi connectivity index (χ1v) is 6.77. The van der Waals surface area contributed by atoms with Crippen LogP contribution in [0.3, 0.4) is 0 Å². The fourth-order valence-corrected chi connectivity index (χ4v) is 2.62. The molecule has 1 atom stereocenters. The third-order valence-electron chi connectivity index (χ3n) is 4.06. The van der Waals surface area contributed by atoms with Crippen molar-refractivity contribution in [2.75, 3.05) is 32.8 Å². The number of nitrogens with one attached hydrogen (secondary N) is 2. The molecule has 1 amide bonds. The molecular weight excluding hydrogens is 216 g/mol. The molecule has 2 rings (SSSR count). The summed E-state index contributed by atoms with van der Waals surface area (Å²) in [4.78, 5) is 12.2. The van der Waals surface area contributed by atoms with E-state index in [0.29, 0.717) is 5.92 Å². The molecular formula is C13H24N2O2. The highest BCUT2D eigenvalue weighted by atomic mass is 16.5. The smallest absolute Gasteiger partial charge is 0.226 e. The first-order valence-electron chi connectivity index (χ1n) is 6.77. The third-order valence-corrected chi connectivity index (χ3v) is 4.06. The van der Waals surface area contributed by atoms with Crippen LogP contribution in [-0.2, 0) is 9.53 Å². The largest absolute Gasteiger partial charge is 0.381 e. The zero-order valence-corrected chi connectivity index (χ0v) is 10.8. The molecule has 0 aromatic rings. The molecule has 98 valence electrons. The number of ether oxygens (including phenoxy) is 1. The van der Waals surface area contributed by atoms with Gasteiger partial charge in [-0.15, -0.1) is 0 Å². The molecule has 2 fully saturated rings. The van der Waals surface area contributed by atoms with Crippen molar-refractivity contribution >= 4 is 5.91 Å². The van der Waals surface area contributed by atoms with Gasteiger partial charge in [-0.1, -0.05) is 6.92 Å². The van der Waals surface area contributed by atoms with Gasteiger partial charge in [0, 0.05) is 18.6 Å². The van der Waals surface area contributed by atoms with Crippen LogP contribution in [0.5, 0.6) is 0 Å². The first kappa shape index (κ1) is 12.8. The number of piperidine rings is 1. The van der Waals surface area contributed by atoms with E-state index in [0.717, 1.165) is 52.1 Å². The van der Waals surface area contributed by atoms with E-state index >= 15 is 0 Å². The van der Waals surface area contributed by atoms with Gasteiger partial charge < -0.3 is 15.4 Å². The van der Waals surface area contributed by atoms with Crippen molar-refractivity contribution < 1.29 is 9.53 Å². The Morgan fingerprint density at radius 1 is 1.47 bits per heavy atom.